The first kappa shape index (κ1) is 25.9. The lowest BCUT2D eigenvalue weighted by Gasteiger charge is -2.24. The second-order valence-electron chi connectivity index (χ2n) is 8.50. The van der Waals surface area contributed by atoms with Crippen molar-refractivity contribution >= 4 is 28.6 Å². The molecular formula is C22H34F3IO4. The largest absolute Gasteiger partial charge is 0.469 e. The van der Waals surface area contributed by atoms with Crippen molar-refractivity contribution in [1.29, 1.82) is 0 Å². The van der Waals surface area contributed by atoms with Crippen LogP contribution in [0.15, 0.2) is 12.2 Å². The van der Waals surface area contributed by atoms with E-state index in [9.17, 15) is 23.1 Å². The van der Waals surface area contributed by atoms with E-state index in [-0.39, 0.29) is 40.4 Å². The molecular weight excluding hydrogens is 512 g/mol. The lowest BCUT2D eigenvalue weighted by Crippen LogP contribution is -2.33. The maximum atomic E-state index is 13.3. The molecule has 0 radical (unpaired) electrons. The Morgan fingerprint density at radius 3 is 2.67 bits per heavy atom. The number of ether oxygens (including phenoxy) is 2. The summed E-state index contributed by atoms with van der Waals surface area (Å²) in [7, 11) is 1.39. The van der Waals surface area contributed by atoms with Gasteiger partial charge in [0.1, 0.15) is 0 Å². The van der Waals surface area contributed by atoms with Crippen molar-refractivity contribution in [3.8, 4) is 0 Å². The van der Waals surface area contributed by atoms with Crippen molar-refractivity contribution in [2.75, 3.05) is 7.11 Å². The topological polar surface area (TPSA) is 55.8 Å². The van der Waals surface area contributed by atoms with Crippen LogP contribution in [0.1, 0.15) is 64.7 Å². The van der Waals surface area contributed by atoms with E-state index in [0.29, 0.717) is 19.3 Å². The number of esters is 1. The number of hydrogen-bond acceptors (Lipinski definition) is 4. The summed E-state index contributed by atoms with van der Waals surface area (Å²) >= 11 is 2.37. The molecule has 7 atom stereocenters. The van der Waals surface area contributed by atoms with Crippen LogP contribution in [0.3, 0.4) is 0 Å². The standard InChI is InChI=1S/C22H34F3IO4/c1-3-4-6-16(22(23,24)25)18(27)11-9-14-10-12-19-15(14)13-20(30-19)17(26)7-5-8-21(28)29-2/h9,11,14-20,27H,3-8,10,12-13H2,1-2H3/t14-,15+,16+,17+,18+,19-,20+/m0/s1. The van der Waals surface area contributed by atoms with Gasteiger partial charge in [-0.15, -0.1) is 0 Å². The van der Waals surface area contributed by atoms with E-state index in [1.54, 1.807) is 6.08 Å². The van der Waals surface area contributed by atoms with Crippen molar-refractivity contribution in [2.24, 2.45) is 17.8 Å². The van der Waals surface area contributed by atoms with Crippen LogP contribution >= 0.6 is 22.6 Å². The molecule has 1 N–H and O–H groups in total. The highest BCUT2D eigenvalue weighted by Crippen LogP contribution is 2.46. The average Bonchev–Trinajstić information content (AvgIpc) is 3.26. The smallest absolute Gasteiger partial charge is 0.394 e. The Hall–Kier alpha value is -0.350. The summed E-state index contributed by atoms with van der Waals surface area (Å²) in [5, 5.41) is 10.2. The lowest BCUT2D eigenvalue weighted by atomic mass is 9.88. The van der Waals surface area contributed by atoms with E-state index in [4.69, 9.17) is 4.74 Å². The molecule has 0 unspecified atom stereocenters. The summed E-state index contributed by atoms with van der Waals surface area (Å²) in [5.74, 6) is -1.47. The van der Waals surface area contributed by atoms with Gasteiger partial charge in [-0.2, -0.15) is 13.2 Å². The lowest BCUT2D eigenvalue weighted by molar-refractivity contribution is -0.195. The van der Waals surface area contributed by atoms with Gasteiger partial charge in [0.05, 0.1) is 31.3 Å². The highest BCUT2D eigenvalue weighted by molar-refractivity contribution is 14.1. The molecule has 2 fully saturated rings. The SMILES string of the molecule is CCCC[C@H]([C@H](O)C=C[C@H]1CC[C@@H]2O[C@@H]([C@H](I)CCCC(=O)OC)C[C@@H]21)C(F)(F)F. The summed E-state index contributed by atoms with van der Waals surface area (Å²) in [6.07, 6.45) is 3.26. The Morgan fingerprint density at radius 1 is 1.30 bits per heavy atom. The van der Waals surface area contributed by atoms with Crippen LogP contribution in [0.4, 0.5) is 13.2 Å². The molecule has 1 aliphatic carbocycles. The summed E-state index contributed by atoms with van der Waals surface area (Å²) in [5.41, 5.74) is 0. The average molecular weight is 546 g/mol. The summed E-state index contributed by atoms with van der Waals surface area (Å²) in [4.78, 5) is 11.3. The Balaban J connectivity index is 1.88. The number of carbonyl (C=O) groups is 1. The second kappa shape index (κ2) is 12.0. The Labute approximate surface area is 191 Å². The summed E-state index contributed by atoms with van der Waals surface area (Å²) in [6.45, 7) is 1.85. The number of unbranched alkanes of at least 4 members (excludes halogenated alkanes) is 1. The number of fused-ring (bicyclic) bond motifs is 1. The number of allylic oxidation sites excluding steroid dienone is 1. The van der Waals surface area contributed by atoms with Crippen LogP contribution in [0.2, 0.25) is 0 Å². The molecule has 0 amide bonds. The molecule has 0 spiro atoms. The Kier molecular flexibility index (Phi) is 10.4. The number of aliphatic hydroxyl groups is 1. The fourth-order valence-electron chi connectivity index (χ4n) is 4.65. The highest BCUT2D eigenvalue weighted by Gasteiger charge is 2.46. The van der Waals surface area contributed by atoms with Gasteiger partial charge in [0, 0.05) is 10.3 Å². The summed E-state index contributed by atoms with van der Waals surface area (Å²) in [6, 6.07) is 0. The molecule has 4 nitrogen and oxygen atoms in total. The highest BCUT2D eigenvalue weighted by atomic mass is 127. The van der Waals surface area contributed by atoms with Crippen molar-refractivity contribution in [1.82, 2.24) is 0 Å². The molecule has 1 saturated carbocycles. The number of halogens is 4. The molecule has 0 aromatic carbocycles. The molecule has 2 aliphatic rings. The molecule has 1 heterocycles. The van der Waals surface area contributed by atoms with Crippen LogP contribution in [0.25, 0.3) is 0 Å². The molecule has 1 aliphatic heterocycles. The third-order valence-corrected chi connectivity index (χ3v) is 7.84. The Morgan fingerprint density at radius 2 is 2.03 bits per heavy atom. The predicted molar refractivity (Wildman–Crippen MR) is 117 cm³/mol. The zero-order valence-corrected chi connectivity index (χ0v) is 19.9. The fraction of sp³-hybridized carbons (Fsp3) is 0.864. The van der Waals surface area contributed by atoms with E-state index < -0.39 is 18.2 Å². The predicted octanol–water partition coefficient (Wildman–Crippen LogP) is 5.60. The minimum atomic E-state index is -4.39. The van der Waals surface area contributed by atoms with Crippen molar-refractivity contribution in [3.05, 3.63) is 12.2 Å². The van der Waals surface area contributed by atoms with Crippen molar-refractivity contribution in [2.45, 2.75) is 93.1 Å². The zero-order valence-electron chi connectivity index (χ0n) is 17.7. The van der Waals surface area contributed by atoms with Crippen LogP contribution in [0.5, 0.6) is 0 Å². The van der Waals surface area contributed by atoms with Gasteiger partial charge in [-0.25, -0.2) is 0 Å². The molecule has 174 valence electrons. The minimum absolute atomic E-state index is 0.0461. The van der Waals surface area contributed by atoms with Crippen molar-refractivity contribution in [3.63, 3.8) is 0 Å². The summed E-state index contributed by atoms with van der Waals surface area (Å²) < 4.78 is 51.0. The molecule has 1 saturated heterocycles. The van der Waals surface area contributed by atoms with Crippen molar-refractivity contribution < 1.29 is 32.5 Å². The van der Waals surface area contributed by atoms with Gasteiger partial charge in [-0.1, -0.05) is 54.5 Å². The number of carbonyl (C=O) groups excluding carboxylic acids is 1. The number of hydrogen-bond donors (Lipinski definition) is 1. The number of rotatable bonds is 11. The van der Waals surface area contributed by atoms with Crippen LogP contribution in [-0.4, -0.2) is 46.6 Å². The van der Waals surface area contributed by atoms with Gasteiger partial charge in [0.2, 0.25) is 0 Å². The maximum Gasteiger partial charge on any atom is 0.394 e. The molecule has 0 aromatic heterocycles. The Bertz CT molecular complexity index is 569. The quantitative estimate of drug-likeness (QED) is 0.159. The third-order valence-electron chi connectivity index (χ3n) is 6.41. The van der Waals surface area contributed by atoms with E-state index in [2.05, 4.69) is 27.3 Å². The monoisotopic (exact) mass is 546 g/mol. The molecule has 0 bridgehead atoms. The molecule has 30 heavy (non-hydrogen) atoms. The van der Waals surface area contributed by atoms with Gasteiger partial charge in [0.15, 0.2) is 0 Å². The maximum absolute atomic E-state index is 13.3. The molecule has 2 rings (SSSR count). The number of methoxy groups -OCH3 is 1. The number of aliphatic hydroxyl groups excluding tert-OH is 1. The number of alkyl halides is 4. The first-order valence-electron chi connectivity index (χ1n) is 11.0. The van der Waals surface area contributed by atoms with Gasteiger partial charge in [-0.3, -0.25) is 4.79 Å². The van der Waals surface area contributed by atoms with Gasteiger partial charge in [0.25, 0.3) is 0 Å². The second-order valence-corrected chi connectivity index (χ2v) is 10.1. The molecule has 8 heteroatoms. The zero-order chi connectivity index (χ0) is 22.3. The normalized spacial score (nSPS) is 29.7. The van der Waals surface area contributed by atoms with Crippen LogP contribution < -0.4 is 0 Å². The van der Waals surface area contributed by atoms with E-state index in [0.717, 1.165) is 32.1 Å². The van der Waals surface area contributed by atoms with E-state index >= 15 is 0 Å². The first-order chi connectivity index (χ1) is 14.2. The first-order valence-corrected chi connectivity index (χ1v) is 12.2. The van der Waals surface area contributed by atoms with Gasteiger partial charge < -0.3 is 14.6 Å². The van der Waals surface area contributed by atoms with E-state index in [1.807, 2.05) is 6.92 Å². The molecule has 0 aromatic rings. The van der Waals surface area contributed by atoms with Gasteiger partial charge in [-0.05, 0) is 50.4 Å². The third kappa shape index (κ3) is 7.36. The van der Waals surface area contributed by atoms with Crippen LogP contribution in [0, 0.1) is 17.8 Å². The fourth-order valence-corrected chi connectivity index (χ4v) is 5.55. The van der Waals surface area contributed by atoms with Gasteiger partial charge >= 0.3 is 12.1 Å². The van der Waals surface area contributed by atoms with E-state index in [1.165, 1.54) is 13.2 Å². The van der Waals surface area contributed by atoms with Crippen LogP contribution in [-0.2, 0) is 14.3 Å². The minimum Gasteiger partial charge on any atom is -0.469 e.